The van der Waals surface area contributed by atoms with E-state index in [4.69, 9.17) is 16.3 Å². The Balaban J connectivity index is 1.83. The van der Waals surface area contributed by atoms with Gasteiger partial charge in [-0.05, 0) is 49.2 Å². The Hall–Kier alpha value is -3.38. The summed E-state index contributed by atoms with van der Waals surface area (Å²) >= 11 is 6.39. The van der Waals surface area contributed by atoms with Crippen LogP contribution in [0.5, 0.6) is 5.75 Å². The second-order valence-electron chi connectivity index (χ2n) is 6.73. The second-order valence-corrected chi connectivity index (χ2v) is 7.13. The van der Waals surface area contributed by atoms with Crippen molar-refractivity contribution in [1.82, 2.24) is 9.99 Å². The quantitative estimate of drug-likeness (QED) is 0.640. The van der Waals surface area contributed by atoms with Gasteiger partial charge in [0.05, 0.1) is 17.6 Å². The summed E-state index contributed by atoms with van der Waals surface area (Å²) < 4.78 is 5.24. The van der Waals surface area contributed by atoms with E-state index in [0.717, 1.165) is 27.3 Å². The Bertz CT molecular complexity index is 1160. The zero-order valence-electron chi connectivity index (χ0n) is 16.1. The number of amides is 2. The van der Waals surface area contributed by atoms with E-state index in [2.05, 4.69) is 10.4 Å². The Morgan fingerprint density at radius 2 is 1.66 bits per heavy atom. The van der Waals surface area contributed by atoms with Crippen molar-refractivity contribution in [3.05, 3.63) is 64.7 Å². The molecule has 1 aliphatic heterocycles. The fourth-order valence-corrected chi connectivity index (χ4v) is 3.46. The largest absolute Gasteiger partial charge is 0.497 e. The lowest BCUT2D eigenvalue weighted by atomic mass is 10.0. The molecule has 0 atom stereocenters. The van der Waals surface area contributed by atoms with Gasteiger partial charge >= 0.3 is 0 Å². The molecule has 1 N–H and O–H groups in total. The first-order valence-electron chi connectivity index (χ1n) is 8.97. The van der Waals surface area contributed by atoms with E-state index in [1.807, 2.05) is 36.4 Å². The summed E-state index contributed by atoms with van der Waals surface area (Å²) in [6.07, 6.45) is 0. The summed E-state index contributed by atoms with van der Waals surface area (Å²) in [7, 11) is 1.61. The van der Waals surface area contributed by atoms with Gasteiger partial charge in [-0.1, -0.05) is 35.9 Å². The molecule has 1 aromatic heterocycles. The van der Waals surface area contributed by atoms with Gasteiger partial charge in [0, 0.05) is 16.5 Å². The Labute approximate surface area is 172 Å². The molecule has 1 aliphatic rings. The first-order valence-corrected chi connectivity index (χ1v) is 9.35. The Morgan fingerprint density at radius 1 is 1.00 bits per heavy atom. The summed E-state index contributed by atoms with van der Waals surface area (Å²) in [5.74, 6) is 0.313. The van der Waals surface area contributed by atoms with Crippen molar-refractivity contribution < 1.29 is 14.3 Å². The number of anilines is 1. The number of pyridine rings is 1. The van der Waals surface area contributed by atoms with Crippen LogP contribution in [-0.4, -0.2) is 28.9 Å². The molecule has 146 valence electrons. The topological polar surface area (TPSA) is 71.5 Å². The molecule has 6 nitrogen and oxygen atoms in total. The molecule has 2 heterocycles. The number of nitrogens with one attached hydrogen (secondary N) is 1. The molecule has 0 saturated heterocycles. The molecule has 0 spiro atoms. The number of imide groups is 1. The van der Waals surface area contributed by atoms with Crippen LogP contribution in [0.2, 0.25) is 5.02 Å². The van der Waals surface area contributed by atoms with E-state index in [9.17, 15) is 9.59 Å². The molecular formula is C22H18ClN3O3. The third kappa shape index (κ3) is 3.21. The van der Waals surface area contributed by atoms with Gasteiger partial charge in [-0.25, -0.2) is 4.98 Å². The van der Waals surface area contributed by atoms with Gasteiger partial charge in [0.15, 0.2) is 0 Å². The van der Waals surface area contributed by atoms with Gasteiger partial charge in [0.2, 0.25) is 0 Å². The molecular weight excluding hydrogens is 390 g/mol. The fraction of sp³-hybridized carbons (Fsp3) is 0.136. The van der Waals surface area contributed by atoms with Crippen LogP contribution in [0, 0.1) is 0 Å². The smallest absolute Gasteiger partial charge is 0.275 e. The van der Waals surface area contributed by atoms with E-state index in [1.165, 1.54) is 0 Å². The molecule has 0 bridgehead atoms. The molecule has 2 amide bonds. The molecule has 29 heavy (non-hydrogen) atoms. The third-order valence-electron chi connectivity index (χ3n) is 5.03. The minimum absolute atomic E-state index is 0.348. The van der Waals surface area contributed by atoms with Gasteiger partial charge in [-0.15, -0.1) is 0 Å². The molecule has 0 fully saturated rings. The Kier molecular flexibility index (Phi) is 4.72. The standard InChI is InChI=1S/C22H18ClN3O3/c1-12-13(2)22(28)26(21(12)27)25-19-11-17(14-7-9-15(29-3)10-8-14)16-5-4-6-18(23)20(16)24-19/h4-11H,1-3H3,(H,24,25). The minimum atomic E-state index is -0.389. The number of benzene rings is 2. The molecule has 0 aliphatic carbocycles. The van der Waals surface area contributed by atoms with Gasteiger partial charge in [0.1, 0.15) is 11.6 Å². The van der Waals surface area contributed by atoms with Crippen molar-refractivity contribution >= 4 is 40.1 Å². The minimum Gasteiger partial charge on any atom is -0.497 e. The van der Waals surface area contributed by atoms with Crippen molar-refractivity contribution in [1.29, 1.82) is 0 Å². The maximum atomic E-state index is 12.4. The summed E-state index contributed by atoms with van der Waals surface area (Å²) in [5.41, 5.74) is 6.04. The summed E-state index contributed by atoms with van der Waals surface area (Å²) in [6.45, 7) is 3.26. The average molecular weight is 408 g/mol. The van der Waals surface area contributed by atoms with Gasteiger partial charge < -0.3 is 4.74 Å². The highest BCUT2D eigenvalue weighted by Crippen LogP contribution is 2.34. The van der Waals surface area contributed by atoms with Gasteiger partial charge in [0.25, 0.3) is 11.8 Å². The number of aromatic nitrogens is 1. The number of fused-ring (bicyclic) bond motifs is 1. The molecule has 4 rings (SSSR count). The number of nitrogens with zero attached hydrogens (tertiary/aromatic N) is 2. The number of hydrogen-bond donors (Lipinski definition) is 1. The number of para-hydroxylation sites is 1. The van der Waals surface area contributed by atoms with Crippen molar-refractivity contribution in [2.75, 3.05) is 12.5 Å². The lowest BCUT2D eigenvalue weighted by molar-refractivity contribution is -0.135. The van der Waals surface area contributed by atoms with E-state index in [-0.39, 0.29) is 11.8 Å². The Morgan fingerprint density at radius 3 is 2.28 bits per heavy atom. The van der Waals surface area contributed by atoms with Crippen LogP contribution in [0.3, 0.4) is 0 Å². The lowest BCUT2D eigenvalue weighted by Crippen LogP contribution is -2.37. The number of hydrazine groups is 1. The highest BCUT2D eigenvalue weighted by Gasteiger charge is 2.34. The molecule has 7 heteroatoms. The fourth-order valence-electron chi connectivity index (χ4n) is 3.24. The lowest BCUT2D eigenvalue weighted by Gasteiger charge is -2.18. The first kappa shape index (κ1) is 19.0. The number of carbonyl (C=O) groups is 2. The zero-order valence-corrected chi connectivity index (χ0v) is 16.9. The van der Waals surface area contributed by atoms with Crippen LogP contribution >= 0.6 is 11.6 Å². The van der Waals surface area contributed by atoms with Crippen LogP contribution < -0.4 is 10.2 Å². The average Bonchev–Trinajstić information content (AvgIpc) is 2.92. The normalized spacial score (nSPS) is 14.1. The summed E-state index contributed by atoms with van der Waals surface area (Å²) in [4.78, 5) is 29.4. The predicted octanol–water partition coefficient (Wildman–Crippen LogP) is 4.60. The van der Waals surface area contributed by atoms with Crippen LogP contribution in [-0.2, 0) is 9.59 Å². The van der Waals surface area contributed by atoms with Crippen molar-refractivity contribution in [3.8, 4) is 16.9 Å². The SMILES string of the molecule is COc1ccc(-c2cc(NN3C(=O)C(C)=C(C)C3=O)nc3c(Cl)cccc23)cc1. The maximum Gasteiger partial charge on any atom is 0.275 e. The summed E-state index contributed by atoms with van der Waals surface area (Å²) in [5, 5.41) is 2.32. The van der Waals surface area contributed by atoms with Crippen LogP contribution in [0.15, 0.2) is 59.7 Å². The molecule has 0 saturated carbocycles. The molecule has 2 aromatic carbocycles. The third-order valence-corrected chi connectivity index (χ3v) is 5.33. The first-order chi connectivity index (χ1) is 13.9. The number of hydrogen-bond acceptors (Lipinski definition) is 5. The number of carbonyl (C=O) groups excluding carboxylic acids is 2. The van der Waals surface area contributed by atoms with Crippen LogP contribution in [0.4, 0.5) is 5.82 Å². The van der Waals surface area contributed by atoms with Crippen molar-refractivity contribution in [2.45, 2.75) is 13.8 Å². The number of ether oxygens (including phenoxy) is 1. The highest BCUT2D eigenvalue weighted by atomic mass is 35.5. The maximum absolute atomic E-state index is 12.4. The number of rotatable bonds is 4. The van der Waals surface area contributed by atoms with Crippen LogP contribution in [0.25, 0.3) is 22.0 Å². The zero-order chi connectivity index (χ0) is 20.7. The second kappa shape index (κ2) is 7.22. The molecule has 0 radical (unpaired) electrons. The van der Waals surface area contributed by atoms with Gasteiger partial charge in [-0.2, -0.15) is 5.01 Å². The van der Waals surface area contributed by atoms with E-state index >= 15 is 0 Å². The van der Waals surface area contributed by atoms with Crippen LogP contribution in [0.1, 0.15) is 13.8 Å². The molecule has 0 unspecified atom stereocenters. The number of methoxy groups -OCH3 is 1. The summed E-state index contributed by atoms with van der Waals surface area (Å²) in [6, 6.07) is 14.9. The van der Waals surface area contributed by atoms with E-state index < -0.39 is 0 Å². The van der Waals surface area contributed by atoms with E-state index in [1.54, 1.807) is 33.1 Å². The molecule has 3 aromatic rings. The van der Waals surface area contributed by atoms with Crippen molar-refractivity contribution in [2.24, 2.45) is 0 Å². The predicted molar refractivity (Wildman–Crippen MR) is 113 cm³/mol. The number of halogens is 1. The van der Waals surface area contributed by atoms with E-state index in [0.29, 0.717) is 27.5 Å². The van der Waals surface area contributed by atoms with Crippen molar-refractivity contribution in [3.63, 3.8) is 0 Å². The monoisotopic (exact) mass is 407 g/mol. The highest BCUT2D eigenvalue weighted by molar-refractivity contribution is 6.35. The van der Waals surface area contributed by atoms with Gasteiger partial charge in [-0.3, -0.25) is 15.0 Å².